The van der Waals surface area contributed by atoms with E-state index in [-0.39, 0.29) is 18.0 Å². The number of nitrogens with one attached hydrogen (secondary N) is 1. The lowest BCUT2D eigenvalue weighted by Crippen LogP contribution is -2.61. The quantitative estimate of drug-likeness (QED) is 0.757. The van der Waals surface area contributed by atoms with Crippen LogP contribution in [0.15, 0.2) is 0 Å². The van der Waals surface area contributed by atoms with Crippen LogP contribution in [-0.4, -0.2) is 85.0 Å². The number of sulfonamides is 1. The topological polar surface area (TPSA) is 90.0 Å². The van der Waals surface area contributed by atoms with Crippen molar-refractivity contribution < 1.29 is 18.0 Å². The highest BCUT2D eigenvalue weighted by atomic mass is 32.2. The summed E-state index contributed by atoms with van der Waals surface area (Å²) in [5, 5.41) is 2.86. The average Bonchev–Trinajstić information content (AvgIpc) is 3.33. The highest BCUT2D eigenvalue weighted by molar-refractivity contribution is 7.88. The summed E-state index contributed by atoms with van der Waals surface area (Å²) in [7, 11) is -3.24. The number of rotatable bonds is 3. The summed E-state index contributed by atoms with van der Waals surface area (Å²) < 4.78 is 24.7. The first-order chi connectivity index (χ1) is 11.3. The van der Waals surface area contributed by atoms with Gasteiger partial charge < -0.3 is 15.1 Å². The van der Waals surface area contributed by atoms with E-state index in [4.69, 9.17) is 0 Å². The zero-order valence-electron chi connectivity index (χ0n) is 14.3. The number of nitrogens with zero attached hydrogens (tertiary/aromatic N) is 3. The molecule has 0 spiro atoms. The molecule has 1 N–H and O–H groups in total. The molecule has 3 amide bonds. The number of piperidine rings is 1. The normalized spacial score (nSPS) is 29.7. The van der Waals surface area contributed by atoms with E-state index in [9.17, 15) is 18.0 Å². The molecule has 2 atom stereocenters. The monoisotopic (exact) mass is 358 g/mol. The smallest absolute Gasteiger partial charge is 0.318 e. The van der Waals surface area contributed by atoms with Gasteiger partial charge in [0.15, 0.2) is 0 Å². The summed E-state index contributed by atoms with van der Waals surface area (Å²) in [6, 6.07) is -0.570. The van der Waals surface area contributed by atoms with Crippen molar-refractivity contribution >= 4 is 22.0 Å². The fraction of sp³-hybridized carbons (Fsp3) is 0.867. The van der Waals surface area contributed by atoms with Crippen LogP contribution in [0.25, 0.3) is 0 Å². The Kier molecular flexibility index (Phi) is 4.74. The lowest BCUT2D eigenvalue weighted by molar-refractivity contribution is -0.136. The van der Waals surface area contributed by atoms with Crippen molar-refractivity contribution in [2.45, 2.75) is 50.7 Å². The molecule has 2 saturated heterocycles. The minimum atomic E-state index is -3.24. The van der Waals surface area contributed by atoms with Crippen molar-refractivity contribution in [2.75, 3.05) is 32.4 Å². The molecule has 0 bridgehead atoms. The third kappa shape index (κ3) is 3.66. The molecule has 1 saturated carbocycles. The molecule has 3 aliphatic rings. The van der Waals surface area contributed by atoms with Gasteiger partial charge in [0.05, 0.1) is 6.26 Å². The molecule has 0 aromatic rings. The minimum absolute atomic E-state index is 0.0273. The summed E-state index contributed by atoms with van der Waals surface area (Å²) in [6.07, 6.45) is 4.90. The Morgan fingerprint density at radius 2 is 1.88 bits per heavy atom. The zero-order chi connectivity index (χ0) is 17.5. The van der Waals surface area contributed by atoms with E-state index in [1.807, 2.05) is 11.8 Å². The highest BCUT2D eigenvalue weighted by Crippen LogP contribution is 2.30. The van der Waals surface area contributed by atoms with E-state index in [2.05, 4.69) is 5.32 Å². The third-order valence-electron chi connectivity index (χ3n) is 5.08. The Morgan fingerprint density at radius 1 is 1.17 bits per heavy atom. The Labute approximate surface area is 143 Å². The van der Waals surface area contributed by atoms with Gasteiger partial charge in [-0.15, -0.1) is 0 Å². The van der Waals surface area contributed by atoms with Crippen LogP contribution >= 0.6 is 0 Å². The van der Waals surface area contributed by atoms with Crippen LogP contribution in [-0.2, 0) is 14.8 Å². The van der Waals surface area contributed by atoms with Crippen LogP contribution in [0.2, 0.25) is 0 Å². The summed E-state index contributed by atoms with van der Waals surface area (Å²) in [5.74, 6) is 0.0273. The maximum Gasteiger partial charge on any atom is 0.318 e. The molecule has 3 rings (SSSR count). The second-order valence-electron chi connectivity index (χ2n) is 7.07. The van der Waals surface area contributed by atoms with Gasteiger partial charge in [0, 0.05) is 38.3 Å². The minimum Gasteiger partial charge on any atom is -0.338 e. The van der Waals surface area contributed by atoms with Crippen molar-refractivity contribution in [2.24, 2.45) is 0 Å². The molecule has 0 aromatic heterocycles. The van der Waals surface area contributed by atoms with Crippen molar-refractivity contribution in [1.29, 1.82) is 0 Å². The first-order valence-corrected chi connectivity index (χ1v) is 10.4. The maximum atomic E-state index is 12.5. The van der Waals surface area contributed by atoms with Gasteiger partial charge in [0.2, 0.25) is 15.9 Å². The van der Waals surface area contributed by atoms with Crippen LogP contribution < -0.4 is 5.32 Å². The Hall–Kier alpha value is -1.35. The van der Waals surface area contributed by atoms with Gasteiger partial charge in [-0.2, -0.15) is 4.31 Å². The number of hydrogen-bond donors (Lipinski definition) is 1. The highest BCUT2D eigenvalue weighted by Gasteiger charge is 2.40. The Balaban J connectivity index is 1.58. The molecule has 1 aliphatic carbocycles. The van der Waals surface area contributed by atoms with Crippen LogP contribution in [0.1, 0.15) is 32.6 Å². The van der Waals surface area contributed by atoms with E-state index in [0.717, 1.165) is 25.8 Å². The number of hydrogen-bond acceptors (Lipinski definition) is 4. The van der Waals surface area contributed by atoms with Crippen molar-refractivity contribution in [1.82, 2.24) is 19.4 Å². The second kappa shape index (κ2) is 6.51. The fourth-order valence-corrected chi connectivity index (χ4v) is 4.44. The summed E-state index contributed by atoms with van der Waals surface area (Å²) in [6.45, 7) is 3.55. The van der Waals surface area contributed by atoms with Gasteiger partial charge >= 0.3 is 6.03 Å². The molecule has 24 heavy (non-hydrogen) atoms. The molecule has 2 unspecified atom stereocenters. The number of piperazine rings is 1. The predicted molar refractivity (Wildman–Crippen MR) is 88.9 cm³/mol. The van der Waals surface area contributed by atoms with Crippen LogP contribution in [0.3, 0.4) is 0 Å². The van der Waals surface area contributed by atoms with Crippen molar-refractivity contribution in [3.8, 4) is 0 Å². The molecule has 0 radical (unpaired) electrons. The van der Waals surface area contributed by atoms with Crippen LogP contribution in [0.5, 0.6) is 0 Å². The first-order valence-electron chi connectivity index (χ1n) is 8.60. The molecule has 9 heteroatoms. The van der Waals surface area contributed by atoms with Gasteiger partial charge in [-0.1, -0.05) is 0 Å². The molecule has 8 nitrogen and oxygen atoms in total. The lowest BCUT2D eigenvalue weighted by Gasteiger charge is -2.40. The van der Waals surface area contributed by atoms with Crippen LogP contribution in [0.4, 0.5) is 4.79 Å². The maximum absolute atomic E-state index is 12.5. The standard InChI is InChI=1S/C15H26N4O4S/c1-11-10-17(24(2,22)23)8-9-18(11)15(21)16-13-4-3-7-19(14(13)20)12-5-6-12/h11-13H,3-10H2,1-2H3,(H,16,21). The summed E-state index contributed by atoms with van der Waals surface area (Å²) in [5.41, 5.74) is 0. The molecule has 3 fully saturated rings. The Bertz CT molecular complexity index is 619. The zero-order valence-corrected chi connectivity index (χ0v) is 15.1. The van der Waals surface area contributed by atoms with Crippen molar-refractivity contribution in [3.63, 3.8) is 0 Å². The molecule has 136 valence electrons. The summed E-state index contributed by atoms with van der Waals surface area (Å²) >= 11 is 0. The van der Waals surface area contributed by atoms with Gasteiger partial charge in [-0.05, 0) is 32.6 Å². The van der Waals surface area contributed by atoms with E-state index < -0.39 is 16.1 Å². The SMILES string of the molecule is CC1CN(S(C)(=O)=O)CCN1C(=O)NC1CCCN(C2CC2)C1=O. The van der Waals surface area contributed by atoms with Gasteiger partial charge in [-0.25, -0.2) is 13.2 Å². The second-order valence-corrected chi connectivity index (χ2v) is 9.05. The molecular formula is C15H26N4O4S. The molecular weight excluding hydrogens is 332 g/mol. The van der Waals surface area contributed by atoms with E-state index in [1.165, 1.54) is 10.6 Å². The number of carbonyl (C=O) groups excluding carboxylic acids is 2. The van der Waals surface area contributed by atoms with Gasteiger partial charge in [0.1, 0.15) is 6.04 Å². The van der Waals surface area contributed by atoms with Crippen LogP contribution in [0, 0.1) is 0 Å². The molecule has 2 heterocycles. The third-order valence-corrected chi connectivity index (χ3v) is 6.35. The number of amides is 3. The van der Waals surface area contributed by atoms with Gasteiger partial charge in [-0.3, -0.25) is 4.79 Å². The van der Waals surface area contributed by atoms with E-state index >= 15 is 0 Å². The van der Waals surface area contributed by atoms with Gasteiger partial charge in [0.25, 0.3) is 0 Å². The molecule has 2 aliphatic heterocycles. The largest absolute Gasteiger partial charge is 0.338 e. The number of carbonyl (C=O) groups is 2. The average molecular weight is 358 g/mol. The number of likely N-dealkylation sites (tertiary alicyclic amines) is 1. The number of urea groups is 1. The summed E-state index contributed by atoms with van der Waals surface area (Å²) in [4.78, 5) is 28.6. The molecule has 0 aromatic carbocycles. The lowest BCUT2D eigenvalue weighted by atomic mass is 10.0. The first kappa shape index (κ1) is 17.5. The Morgan fingerprint density at radius 3 is 2.46 bits per heavy atom. The van der Waals surface area contributed by atoms with E-state index in [0.29, 0.717) is 32.1 Å². The predicted octanol–water partition coefficient (Wildman–Crippen LogP) is -0.185. The fourth-order valence-electron chi connectivity index (χ4n) is 3.54. The van der Waals surface area contributed by atoms with E-state index in [1.54, 1.807) is 4.90 Å². The van der Waals surface area contributed by atoms with Crippen molar-refractivity contribution in [3.05, 3.63) is 0 Å².